The topological polar surface area (TPSA) is 121 Å². The van der Waals surface area contributed by atoms with E-state index >= 15 is 0 Å². The highest BCUT2D eigenvalue weighted by atomic mass is 16.6. The maximum atomic E-state index is 12.8. The molecule has 0 aliphatic carbocycles. The van der Waals surface area contributed by atoms with Crippen molar-refractivity contribution in [3.8, 4) is 11.5 Å². The Hall–Kier alpha value is -3.36. The molecular formula is C18H20N2O7. The van der Waals surface area contributed by atoms with Crippen LogP contribution in [0.3, 0.4) is 0 Å². The Labute approximate surface area is 155 Å². The van der Waals surface area contributed by atoms with Crippen LogP contribution in [-0.2, 0) is 4.74 Å². The van der Waals surface area contributed by atoms with Gasteiger partial charge in [-0.15, -0.1) is 0 Å². The number of Topliss-reactive ketones (excluding diaryl/α,β-unsaturated/α-hetero) is 1. The second-order valence-electron chi connectivity index (χ2n) is 5.83. The van der Waals surface area contributed by atoms with E-state index in [4.69, 9.17) is 14.2 Å². The molecule has 0 radical (unpaired) electrons. The van der Waals surface area contributed by atoms with Crippen LogP contribution in [-0.4, -0.2) is 42.0 Å². The summed E-state index contributed by atoms with van der Waals surface area (Å²) in [6.45, 7) is 4.79. The molecule has 0 saturated heterocycles. The first-order chi connectivity index (χ1) is 12.7. The Morgan fingerprint density at radius 3 is 2.41 bits per heavy atom. The number of nitro benzene ring substituents is 1. The van der Waals surface area contributed by atoms with Gasteiger partial charge in [0.2, 0.25) is 5.78 Å². The SMILES string of the molecule is COC(=O)c1c(C)[nH]c(C(=O)C(C)Oc2cc([N+](=O)[O-])ccc2OC)c1C. The molecule has 1 N–H and O–H groups in total. The van der Waals surface area contributed by atoms with Crippen molar-refractivity contribution in [1.82, 2.24) is 4.98 Å². The Bertz CT molecular complexity index is 901. The molecule has 1 atom stereocenters. The number of methoxy groups -OCH3 is 2. The second-order valence-corrected chi connectivity index (χ2v) is 5.83. The molecule has 2 aromatic rings. The molecule has 27 heavy (non-hydrogen) atoms. The third-order valence-electron chi connectivity index (χ3n) is 4.10. The number of aromatic nitrogens is 1. The summed E-state index contributed by atoms with van der Waals surface area (Å²) in [5.74, 6) is -0.634. The minimum absolute atomic E-state index is 0.0710. The van der Waals surface area contributed by atoms with Gasteiger partial charge in [-0.05, 0) is 32.4 Å². The number of aryl methyl sites for hydroxylation is 1. The molecule has 0 aliphatic heterocycles. The largest absolute Gasteiger partial charge is 0.493 e. The Kier molecular flexibility index (Phi) is 5.84. The number of ether oxygens (including phenoxy) is 3. The Balaban J connectivity index is 2.33. The molecule has 0 saturated carbocycles. The number of nitrogens with zero attached hydrogens (tertiary/aromatic N) is 1. The van der Waals surface area contributed by atoms with Crippen LogP contribution in [0.25, 0.3) is 0 Å². The lowest BCUT2D eigenvalue weighted by Crippen LogP contribution is -2.25. The molecule has 1 unspecified atom stereocenters. The van der Waals surface area contributed by atoms with Gasteiger partial charge in [-0.3, -0.25) is 14.9 Å². The predicted molar refractivity (Wildman–Crippen MR) is 95.7 cm³/mol. The lowest BCUT2D eigenvalue weighted by molar-refractivity contribution is -0.385. The fraction of sp³-hybridized carbons (Fsp3) is 0.333. The predicted octanol–water partition coefficient (Wildman–Crippen LogP) is 2.99. The number of H-pyrrole nitrogens is 1. The van der Waals surface area contributed by atoms with Crippen LogP contribution in [0, 0.1) is 24.0 Å². The van der Waals surface area contributed by atoms with Gasteiger partial charge in [-0.2, -0.15) is 0 Å². The summed E-state index contributed by atoms with van der Waals surface area (Å²) in [6.07, 6.45) is -0.983. The highest BCUT2D eigenvalue weighted by Crippen LogP contribution is 2.32. The Morgan fingerprint density at radius 1 is 1.19 bits per heavy atom. The number of hydrogen-bond donors (Lipinski definition) is 1. The quantitative estimate of drug-likeness (QED) is 0.341. The molecule has 0 spiro atoms. The molecule has 144 valence electrons. The molecule has 0 fully saturated rings. The number of non-ortho nitro benzene ring substituents is 1. The number of carbonyl (C=O) groups excluding carboxylic acids is 2. The van der Waals surface area contributed by atoms with Gasteiger partial charge in [0.1, 0.15) is 0 Å². The van der Waals surface area contributed by atoms with Gasteiger partial charge in [0, 0.05) is 11.8 Å². The number of ketones is 1. The smallest absolute Gasteiger partial charge is 0.339 e. The van der Waals surface area contributed by atoms with Crippen molar-refractivity contribution < 1.29 is 28.7 Å². The molecule has 0 bridgehead atoms. The van der Waals surface area contributed by atoms with Crippen LogP contribution < -0.4 is 9.47 Å². The summed E-state index contributed by atoms with van der Waals surface area (Å²) in [7, 11) is 2.65. The van der Waals surface area contributed by atoms with E-state index in [1.807, 2.05) is 0 Å². The number of nitrogens with one attached hydrogen (secondary N) is 1. The van der Waals surface area contributed by atoms with E-state index in [1.165, 1.54) is 39.3 Å². The van der Waals surface area contributed by atoms with Gasteiger partial charge in [0.15, 0.2) is 17.6 Å². The molecule has 0 aliphatic rings. The monoisotopic (exact) mass is 376 g/mol. The van der Waals surface area contributed by atoms with E-state index in [9.17, 15) is 19.7 Å². The molecule has 9 nitrogen and oxygen atoms in total. The number of aromatic amines is 1. The van der Waals surface area contributed by atoms with E-state index in [1.54, 1.807) is 13.8 Å². The van der Waals surface area contributed by atoms with Crippen molar-refractivity contribution in [3.05, 3.63) is 50.8 Å². The first kappa shape index (κ1) is 20.0. The fourth-order valence-corrected chi connectivity index (χ4v) is 2.72. The summed E-state index contributed by atoms with van der Waals surface area (Å²) in [4.78, 5) is 37.9. The van der Waals surface area contributed by atoms with Crippen molar-refractivity contribution in [2.24, 2.45) is 0 Å². The summed E-state index contributed by atoms with van der Waals surface area (Å²) >= 11 is 0. The van der Waals surface area contributed by atoms with E-state index < -0.39 is 22.8 Å². The maximum Gasteiger partial charge on any atom is 0.339 e. The van der Waals surface area contributed by atoms with Crippen LogP contribution in [0.2, 0.25) is 0 Å². The molecule has 0 amide bonds. The zero-order valence-electron chi connectivity index (χ0n) is 15.6. The van der Waals surface area contributed by atoms with Gasteiger partial charge in [-0.25, -0.2) is 4.79 Å². The molecule has 1 heterocycles. The van der Waals surface area contributed by atoms with Crippen LogP contribution >= 0.6 is 0 Å². The summed E-state index contributed by atoms with van der Waals surface area (Å²) < 4.78 is 15.5. The number of rotatable bonds is 7. The van der Waals surface area contributed by atoms with E-state index in [2.05, 4.69) is 4.98 Å². The molecule has 2 rings (SSSR count). The number of nitro groups is 1. The number of benzene rings is 1. The van der Waals surface area contributed by atoms with Crippen molar-refractivity contribution in [2.75, 3.05) is 14.2 Å². The molecule has 1 aromatic heterocycles. The van der Waals surface area contributed by atoms with Gasteiger partial charge in [0.25, 0.3) is 5.69 Å². The Morgan fingerprint density at radius 2 is 1.85 bits per heavy atom. The van der Waals surface area contributed by atoms with Crippen LogP contribution in [0.4, 0.5) is 5.69 Å². The van der Waals surface area contributed by atoms with Crippen molar-refractivity contribution in [1.29, 1.82) is 0 Å². The third-order valence-corrected chi connectivity index (χ3v) is 4.10. The maximum absolute atomic E-state index is 12.8. The lowest BCUT2D eigenvalue weighted by atomic mass is 10.1. The fourth-order valence-electron chi connectivity index (χ4n) is 2.72. The summed E-state index contributed by atoms with van der Waals surface area (Å²) in [5, 5.41) is 11.0. The zero-order valence-corrected chi connectivity index (χ0v) is 15.6. The van der Waals surface area contributed by atoms with E-state index in [0.717, 1.165) is 0 Å². The first-order valence-corrected chi connectivity index (χ1v) is 8.02. The average molecular weight is 376 g/mol. The lowest BCUT2D eigenvalue weighted by Gasteiger charge is -2.16. The van der Waals surface area contributed by atoms with Crippen molar-refractivity contribution in [3.63, 3.8) is 0 Å². The zero-order chi connectivity index (χ0) is 20.3. The number of carbonyl (C=O) groups is 2. The van der Waals surface area contributed by atoms with Gasteiger partial charge in [-0.1, -0.05) is 0 Å². The first-order valence-electron chi connectivity index (χ1n) is 8.02. The van der Waals surface area contributed by atoms with Crippen molar-refractivity contribution >= 4 is 17.4 Å². The minimum atomic E-state index is -0.983. The van der Waals surface area contributed by atoms with E-state index in [0.29, 0.717) is 16.8 Å². The standard InChI is InChI=1S/C18H20N2O7/c1-9-15(18(22)26-5)10(2)19-16(9)17(21)11(3)27-14-8-12(20(23)24)6-7-13(14)25-4/h6-8,11,19H,1-5H3. The van der Waals surface area contributed by atoms with Gasteiger partial charge in [0.05, 0.1) is 36.5 Å². The highest BCUT2D eigenvalue weighted by molar-refractivity contribution is 6.03. The summed E-state index contributed by atoms with van der Waals surface area (Å²) in [6, 6.07) is 3.86. The van der Waals surface area contributed by atoms with Crippen LogP contribution in [0.5, 0.6) is 11.5 Å². The second kappa shape index (κ2) is 7.90. The van der Waals surface area contributed by atoms with Crippen LogP contribution in [0.1, 0.15) is 39.0 Å². The molecule has 9 heteroatoms. The van der Waals surface area contributed by atoms with E-state index in [-0.39, 0.29) is 22.9 Å². The minimum Gasteiger partial charge on any atom is -0.493 e. The average Bonchev–Trinajstić information content (AvgIpc) is 2.94. The van der Waals surface area contributed by atoms with Gasteiger partial charge >= 0.3 is 5.97 Å². The number of esters is 1. The van der Waals surface area contributed by atoms with Crippen molar-refractivity contribution in [2.45, 2.75) is 26.9 Å². The third kappa shape index (κ3) is 3.91. The molecule has 1 aromatic carbocycles. The number of hydrogen-bond acceptors (Lipinski definition) is 7. The molecular weight excluding hydrogens is 356 g/mol. The summed E-state index contributed by atoms with van der Waals surface area (Å²) in [5.41, 5.74) is 1.27. The highest BCUT2D eigenvalue weighted by Gasteiger charge is 2.27. The van der Waals surface area contributed by atoms with Crippen LogP contribution in [0.15, 0.2) is 18.2 Å². The van der Waals surface area contributed by atoms with Gasteiger partial charge < -0.3 is 19.2 Å². The normalized spacial score (nSPS) is 11.6.